The van der Waals surface area contributed by atoms with Gasteiger partial charge in [0.1, 0.15) is 5.82 Å². The summed E-state index contributed by atoms with van der Waals surface area (Å²) in [5.74, 6) is 1.80. The molecule has 1 aliphatic heterocycles. The van der Waals surface area contributed by atoms with Crippen molar-refractivity contribution < 1.29 is 4.79 Å². The molecule has 0 atom stereocenters. The van der Waals surface area contributed by atoms with E-state index in [4.69, 9.17) is 0 Å². The highest BCUT2D eigenvalue weighted by atomic mass is 127. The van der Waals surface area contributed by atoms with Crippen LogP contribution in [0.5, 0.6) is 0 Å². The topological polar surface area (TPSA) is 84.9 Å². The number of nitrogens with zero attached hydrogens (tertiary/aromatic N) is 4. The maximum Gasteiger partial charge on any atom is 0.233 e. The molecule has 0 saturated carbocycles. The minimum atomic E-state index is 0. The number of aromatic nitrogens is 1. The van der Waals surface area contributed by atoms with Crippen LogP contribution in [0.1, 0.15) is 18.5 Å². The molecular formula is C18H32IN7O. The summed E-state index contributed by atoms with van der Waals surface area (Å²) < 4.78 is 0. The van der Waals surface area contributed by atoms with Crippen LogP contribution in [0, 0.1) is 0 Å². The molecule has 1 amide bonds. The second kappa shape index (κ2) is 12.0. The predicted molar refractivity (Wildman–Crippen MR) is 121 cm³/mol. The summed E-state index contributed by atoms with van der Waals surface area (Å²) in [7, 11) is 7.42. The summed E-state index contributed by atoms with van der Waals surface area (Å²) in [5, 5.41) is 9.48. The number of rotatable bonds is 6. The maximum atomic E-state index is 11.5. The molecular weight excluding hydrogens is 457 g/mol. The SMILES string of the molecule is CN=C(NCc1cccc(N(C)C)n1)NC1CCN(CC(=O)NC)CC1.I. The van der Waals surface area contributed by atoms with E-state index in [1.54, 1.807) is 14.1 Å². The van der Waals surface area contributed by atoms with Crippen molar-refractivity contribution in [3.05, 3.63) is 23.9 Å². The second-order valence-corrected chi connectivity index (χ2v) is 6.68. The average molecular weight is 489 g/mol. The second-order valence-electron chi connectivity index (χ2n) is 6.68. The summed E-state index contributed by atoms with van der Waals surface area (Å²) in [6.07, 6.45) is 1.98. The third-order valence-electron chi connectivity index (χ3n) is 4.49. The lowest BCUT2D eigenvalue weighted by Crippen LogP contribution is -2.49. The van der Waals surface area contributed by atoms with Gasteiger partial charge in [0.15, 0.2) is 5.96 Å². The van der Waals surface area contributed by atoms with Gasteiger partial charge < -0.3 is 20.9 Å². The third kappa shape index (κ3) is 7.87. The van der Waals surface area contributed by atoms with Gasteiger partial charge >= 0.3 is 0 Å². The molecule has 1 aromatic heterocycles. The molecule has 152 valence electrons. The highest BCUT2D eigenvalue weighted by Crippen LogP contribution is 2.10. The number of carbonyl (C=O) groups is 1. The lowest BCUT2D eigenvalue weighted by atomic mass is 10.1. The molecule has 1 aromatic rings. The van der Waals surface area contributed by atoms with Crippen molar-refractivity contribution in [2.75, 3.05) is 52.7 Å². The Morgan fingerprint density at radius 3 is 2.63 bits per heavy atom. The molecule has 8 nitrogen and oxygen atoms in total. The number of aliphatic imine (C=N–C) groups is 1. The lowest BCUT2D eigenvalue weighted by molar-refractivity contribution is -0.122. The van der Waals surface area contributed by atoms with E-state index >= 15 is 0 Å². The van der Waals surface area contributed by atoms with E-state index in [1.807, 2.05) is 37.2 Å². The normalized spacial score (nSPS) is 15.6. The summed E-state index contributed by atoms with van der Waals surface area (Å²) in [6, 6.07) is 6.37. The number of halogens is 1. The van der Waals surface area contributed by atoms with Crippen LogP contribution < -0.4 is 20.9 Å². The summed E-state index contributed by atoms with van der Waals surface area (Å²) in [5.41, 5.74) is 0.972. The number of guanidine groups is 1. The number of pyridine rings is 1. The van der Waals surface area contributed by atoms with Crippen molar-refractivity contribution in [3.8, 4) is 0 Å². The van der Waals surface area contributed by atoms with Crippen LogP contribution in [-0.2, 0) is 11.3 Å². The van der Waals surface area contributed by atoms with Crippen molar-refractivity contribution >= 4 is 41.7 Å². The fourth-order valence-electron chi connectivity index (χ4n) is 2.89. The minimum Gasteiger partial charge on any atom is -0.363 e. The van der Waals surface area contributed by atoms with Gasteiger partial charge in [0.05, 0.1) is 18.8 Å². The number of anilines is 1. The molecule has 0 unspecified atom stereocenters. The van der Waals surface area contributed by atoms with E-state index in [1.165, 1.54) is 0 Å². The fourth-order valence-corrected chi connectivity index (χ4v) is 2.89. The molecule has 0 aliphatic carbocycles. The highest BCUT2D eigenvalue weighted by Gasteiger charge is 2.21. The first kappa shape index (κ1) is 23.4. The smallest absolute Gasteiger partial charge is 0.233 e. The Bertz CT molecular complexity index is 615. The molecule has 0 bridgehead atoms. The predicted octanol–water partition coefficient (Wildman–Crippen LogP) is 0.641. The summed E-state index contributed by atoms with van der Waals surface area (Å²) in [6.45, 7) is 2.92. The Morgan fingerprint density at radius 2 is 2.04 bits per heavy atom. The van der Waals surface area contributed by atoms with E-state index in [2.05, 4.69) is 30.8 Å². The zero-order valence-electron chi connectivity index (χ0n) is 16.7. The van der Waals surface area contributed by atoms with Crippen LogP contribution in [0.4, 0.5) is 5.82 Å². The van der Waals surface area contributed by atoms with E-state index in [0.29, 0.717) is 19.1 Å². The van der Waals surface area contributed by atoms with Gasteiger partial charge in [0.2, 0.25) is 5.91 Å². The molecule has 9 heteroatoms. The van der Waals surface area contributed by atoms with Crippen LogP contribution in [0.2, 0.25) is 0 Å². The quantitative estimate of drug-likeness (QED) is 0.309. The molecule has 1 aliphatic rings. The number of amides is 1. The first-order chi connectivity index (χ1) is 12.5. The van der Waals surface area contributed by atoms with Crippen molar-refractivity contribution in [2.45, 2.75) is 25.4 Å². The molecule has 2 rings (SSSR count). The highest BCUT2D eigenvalue weighted by molar-refractivity contribution is 14.0. The van der Waals surface area contributed by atoms with Crippen LogP contribution in [0.25, 0.3) is 0 Å². The number of carbonyl (C=O) groups excluding carboxylic acids is 1. The third-order valence-corrected chi connectivity index (χ3v) is 4.49. The Labute approximate surface area is 179 Å². The van der Waals surface area contributed by atoms with Crippen molar-refractivity contribution in [1.82, 2.24) is 25.8 Å². The Morgan fingerprint density at radius 1 is 1.33 bits per heavy atom. The van der Waals surface area contributed by atoms with Crippen molar-refractivity contribution in [3.63, 3.8) is 0 Å². The van der Waals surface area contributed by atoms with Crippen LogP contribution in [-0.4, -0.2) is 75.6 Å². The van der Waals surface area contributed by atoms with Gasteiger partial charge in [0, 0.05) is 47.3 Å². The lowest BCUT2D eigenvalue weighted by Gasteiger charge is -2.32. The fraction of sp³-hybridized carbons (Fsp3) is 0.611. The van der Waals surface area contributed by atoms with E-state index in [-0.39, 0.29) is 29.9 Å². The molecule has 0 spiro atoms. The van der Waals surface area contributed by atoms with Gasteiger partial charge in [-0.25, -0.2) is 4.98 Å². The Kier molecular flexibility index (Phi) is 10.4. The number of hydrogen-bond donors (Lipinski definition) is 3. The Balaban J connectivity index is 0.00000364. The van der Waals surface area contributed by atoms with E-state index < -0.39 is 0 Å². The van der Waals surface area contributed by atoms with E-state index in [0.717, 1.165) is 43.4 Å². The van der Waals surface area contributed by atoms with Crippen LogP contribution in [0.3, 0.4) is 0 Å². The molecule has 1 fully saturated rings. The zero-order chi connectivity index (χ0) is 18.9. The maximum absolute atomic E-state index is 11.5. The number of piperidine rings is 1. The van der Waals surface area contributed by atoms with Gasteiger partial charge in [-0.05, 0) is 25.0 Å². The van der Waals surface area contributed by atoms with Gasteiger partial charge in [-0.1, -0.05) is 6.07 Å². The summed E-state index contributed by atoms with van der Waals surface area (Å²) >= 11 is 0. The first-order valence-corrected chi connectivity index (χ1v) is 9.05. The van der Waals surface area contributed by atoms with Crippen LogP contribution in [0.15, 0.2) is 23.2 Å². The largest absolute Gasteiger partial charge is 0.363 e. The Hall–Kier alpha value is -1.62. The number of hydrogen-bond acceptors (Lipinski definition) is 5. The van der Waals surface area contributed by atoms with Crippen LogP contribution >= 0.6 is 24.0 Å². The van der Waals surface area contributed by atoms with Gasteiger partial charge in [-0.15, -0.1) is 24.0 Å². The standard InChI is InChI=1S/C18H31N7O.HI/c1-19-17(26)13-25-10-8-14(9-11-25)23-18(20-2)21-12-15-6-5-7-16(22-15)24(3)4;/h5-7,14H,8-13H2,1-4H3,(H,19,26)(H2,20,21,23);1H. The van der Waals surface area contributed by atoms with Crippen molar-refractivity contribution in [1.29, 1.82) is 0 Å². The molecule has 0 radical (unpaired) electrons. The number of likely N-dealkylation sites (tertiary alicyclic amines) is 1. The molecule has 27 heavy (non-hydrogen) atoms. The monoisotopic (exact) mass is 489 g/mol. The number of likely N-dealkylation sites (N-methyl/N-ethyl adjacent to an activating group) is 1. The molecule has 3 N–H and O–H groups in total. The summed E-state index contributed by atoms with van der Waals surface area (Å²) in [4.78, 5) is 24.6. The van der Waals surface area contributed by atoms with Gasteiger partial charge in [-0.2, -0.15) is 0 Å². The average Bonchev–Trinajstić information content (AvgIpc) is 2.66. The zero-order valence-corrected chi connectivity index (χ0v) is 19.0. The number of nitrogens with one attached hydrogen (secondary N) is 3. The van der Waals surface area contributed by atoms with E-state index in [9.17, 15) is 4.79 Å². The van der Waals surface area contributed by atoms with Gasteiger partial charge in [0.25, 0.3) is 0 Å². The first-order valence-electron chi connectivity index (χ1n) is 9.05. The minimum absolute atomic E-state index is 0. The van der Waals surface area contributed by atoms with Crippen molar-refractivity contribution in [2.24, 2.45) is 4.99 Å². The molecule has 2 heterocycles. The van der Waals surface area contributed by atoms with Gasteiger partial charge in [-0.3, -0.25) is 14.7 Å². The molecule has 1 saturated heterocycles. The molecule has 0 aromatic carbocycles.